The normalized spacial score (nSPS) is 17.3. The minimum Gasteiger partial charge on any atom is -0.418 e. The Labute approximate surface area is 194 Å². The first kappa shape index (κ1) is 19.5. The van der Waals surface area contributed by atoms with Gasteiger partial charge in [-0.05, 0) is 43.9 Å². The molecule has 1 saturated heterocycles. The first-order valence-electron chi connectivity index (χ1n) is 11.8. The van der Waals surface area contributed by atoms with E-state index in [9.17, 15) is 4.79 Å². The number of aromatic nitrogens is 7. The lowest BCUT2D eigenvalue weighted by atomic mass is 10.0. The van der Waals surface area contributed by atoms with Crippen LogP contribution in [0.2, 0.25) is 0 Å². The molecule has 2 fully saturated rings. The van der Waals surface area contributed by atoms with E-state index in [1.165, 1.54) is 0 Å². The zero-order valence-electron chi connectivity index (χ0n) is 18.8. The predicted molar refractivity (Wildman–Crippen MR) is 127 cm³/mol. The number of aryl methyl sites for hydroxylation is 1. The molecule has 1 aromatic carbocycles. The van der Waals surface area contributed by atoms with E-state index in [0.29, 0.717) is 23.5 Å². The number of anilines is 1. The molecule has 0 spiro atoms. The highest BCUT2D eigenvalue weighted by Crippen LogP contribution is 2.40. The lowest BCUT2D eigenvalue weighted by molar-refractivity contribution is 0.397. The van der Waals surface area contributed by atoms with Crippen LogP contribution in [0.1, 0.15) is 43.5 Å². The van der Waals surface area contributed by atoms with E-state index in [4.69, 9.17) is 9.40 Å². The Morgan fingerprint density at radius 2 is 1.88 bits per heavy atom. The molecule has 0 radical (unpaired) electrons. The van der Waals surface area contributed by atoms with Crippen LogP contribution < -0.4 is 10.6 Å². The van der Waals surface area contributed by atoms with Crippen molar-refractivity contribution in [1.29, 1.82) is 0 Å². The third-order valence-corrected chi connectivity index (χ3v) is 7.09. The molecular weight excluding hydrogens is 432 g/mol. The number of nitrogens with zero attached hydrogens (tertiary/aromatic N) is 7. The fourth-order valence-corrected chi connectivity index (χ4v) is 5.14. The molecule has 10 heteroatoms. The second-order valence-corrected chi connectivity index (χ2v) is 9.25. The number of H-pyrrole nitrogens is 1. The highest BCUT2D eigenvalue weighted by Gasteiger charge is 2.31. The zero-order chi connectivity index (χ0) is 22.8. The van der Waals surface area contributed by atoms with Gasteiger partial charge in [0.25, 0.3) is 5.89 Å². The Balaban J connectivity index is 1.19. The van der Waals surface area contributed by atoms with Crippen molar-refractivity contribution in [2.24, 2.45) is 7.05 Å². The summed E-state index contributed by atoms with van der Waals surface area (Å²) in [5, 5.41) is 8.45. The summed E-state index contributed by atoms with van der Waals surface area (Å²) in [6.07, 6.45) is 5.79. The van der Waals surface area contributed by atoms with Gasteiger partial charge in [0.15, 0.2) is 5.65 Å². The van der Waals surface area contributed by atoms with Crippen LogP contribution in [0.15, 0.2) is 45.7 Å². The number of imidazole rings is 2. The zero-order valence-corrected chi connectivity index (χ0v) is 18.8. The second kappa shape index (κ2) is 7.28. The number of hydrogen-bond acceptors (Lipinski definition) is 7. The number of piperidine rings is 1. The molecule has 1 saturated carbocycles. The van der Waals surface area contributed by atoms with Crippen LogP contribution >= 0.6 is 0 Å². The summed E-state index contributed by atoms with van der Waals surface area (Å²) in [5.74, 6) is 2.17. The lowest BCUT2D eigenvalue weighted by Gasteiger charge is -2.34. The van der Waals surface area contributed by atoms with E-state index >= 15 is 0 Å². The van der Waals surface area contributed by atoms with Gasteiger partial charge in [0.05, 0.1) is 16.7 Å². The molecule has 0 atom stereocenters. The summed E-state index contributed by atoms with van der Waals surface area (Å²) in [6, 6.07) is 10.1. The number of pyridine rings is 1. The van der Waals surface area contributed by atoms with Crippen LogP contribution in [0.25, 0.3) is 33.9 Å². The molecule has 0 amide bonds. The minimum atomic E-state index is -0.0366. The molecule has 172 valence electrons. The standard InChI is InChI=1S/C24H24N8O2/c1-30-20-19(27-21(30)23-29-28-22(34-23)14-6-7-14)18(8-11-25-20)31-12-9-15(10-13-31)32-17-5-3-2-4-16(17)26-24(32)33/h2-5,8,11,14-15H,6-7,9-10,12-13H2,1H3,(H,26,33). The molecule has 34 heavy (non-hydrogen) atoms. The largest absolute Gasteiger partial charge is 0.418 e. The quantitative estimate of drug-likeness (QED) is 0.441. The van der Waals surface area contributed by atoms with Crippen molar-refractivity contribution in [3.05, 3.63) is 52.9 Å². The fraction of sp³-hybridized carbons (Fsp3) is 0.375. The van der Waals surface area contributed by atoms with Gasteiger partial charge in [-0.3, -0.25) is 4.57 Å². The Morgan fingerprint density at radius 3 is 2.71 bits per heavy atom. The lowest BCUT2D eigenvalue weighted by Crippen LogP contribution is -2.37. The van der Waals surface area contributed by atoms with E-state index in [1.807, 2.05) is 52.7 Å². The molecule has 7 rings (SSSR count). The van der Waals surface area contributed by atoms with Crippen LogP contribution in [0.5, 0.6) is 0 Å². The molecule has 10 nitrogen and oxygen atoms in total. The first-order valence-corrected chi connectivity index (χ1v) is 11.8. The van der Waals surface area contributed by atoms with Crippen molar-refractivity contribution in [2.75, 3.05) is 18.0 Å². The molecular formula is C24H24N8O2. The van der Waals surface area contributed by atoms with E-state index in [2.05, 4.69) is 25.1 Å². The molecule has 0 unspecified atom stereocenters. The molecule has 0 bridgehead atoms. The number of aromatic amines is 1. The first-order chi connectivity index (χ1) is 16.7. The Bertz CT molecular complexity index is 1580. The topological polar surface area (TPSA) is 111 Å². The third kappa shape index (κ3) is 2.98. The van der Waals surface area contributed by atoms with Crippen LogP contribution in [0.4, 0.5) is 5.69 Å². The summed E-state index contributed by atoms with van der Waals surface area (Å²) >= 11 is 0. The Morgan fingerprint density at radius 1 is 1.06 bits per heavy atom. The number of nitrogens with one attached hydrogen (secondary N) is 1. The van der Waals surface area contributed by atoms with Gasteiger partial charge >= 0.3 is 5.69 Å². The number of benzene rings is 1. The van der Waals surface area contributed by atoms with E-state index in [1.54, 1.807) is 0 Å². The van der Waals surface area contributed by atoms with Crippen molar-refractivity contribution in [3.8, 4) is 11.7 Å². The summed E-state index contributed by atoms with van der Waals surface area (Å²) < 4.78 is 9.74. The monoisotopic (exact) mass is 456 g/mol. The minimum absolute atomic E-state index is 0.0366. The maximum absolute atomic E-state index is 12.6. The highest BCUT2D eigenvalue weighted by molar-refractivity contribution is 5.88. The van der Waals surface area contributed by atoms with Gasteiger partial charge in [0.2, 0.25) is 11.7 Å². The van der Waals surface area contributed by atoms with E-state index < -0.39 is 0 Å². The SMILES string of the molecule is Cn1c(-c2nnc(C3CC3)o2)nc2c(N3CCC(n4c(=O)[nH]c5ccccc54)CC3)ccnc21. The van der Waals surface area contributed by atoms with Crippen LogP contribution in [0, 0.1) is 0 Å². The van der Waals surface area contributed by atoms with Gasteiger partial charge < -0.3 is 18.9 Å². The van der Waals surface area contributed by atoms with Crippen LogP contribution in [-0.4, -0.2) is 47.4 Å². The van der Waals surface area contributed by atoms with Gasteiger partial charge in [0, 0.05) is 38.3 Å². The number of hydrogen-bond donors (Lipinski definition) is 1. The molecule has 5 aromatic rings. The summed E-state index contributed by atoms with van der Waals surface area (Å²) in [6.45, 7) is 1.65. The molecule has 2 aliphatic rings. The average molecular weight is 457 g/mol. The smallest absolute Gasteiger partial charge is 0.326 e. The highest BCUT2D eigenvalue weighted by atomic mass is 16.4. The van der Waals surface area contributed by atoms with Crippen molar-refractivity contribution in [1.82, 2.24) is 34.3 Å². The molecule has 5 heterocycles. The van der Waals surface area contributed by atoms with Crippen molar-refractivity contribution in [2.45, 2.75) is 37.6 Å². The summed E-state index contributed by atoms with van der Waals surface area (Å²) in [7, 11) is 1.93. The average Bonchev–Trinajstić information content (AvgIpc) is 3.35. The fourth-order valence-electron chi connectivity index (χ4n) is 5.14. The van der Waals surface area contributed by atoms with E-state index in [0.717, 1.165) is 66.7 Å². The molecule has 1 aliphatic carbocycles. The van der Waals surface area contributed by atoms with Gasteiger partial charge in [-0.25, -0.2) is 14.8 Å². The summed E-state index contributed by atoms with van der Waals surface area (Å²) in [4.78, 5) is 27.4. The van der Waals surface area contributed by atoms with Crippen molar-refractivity contribution >= 4 is 27.9 Å². The van der Waals surface area contributed by atoms with Gasteiger partial charge in [-0.15, -0.1) is 10.2 Å². The molecule has 1 N–H and O–H groups in total. The second-order valence-electron chi connectivity index (χ2n) is 9.25. The maximum Gasteiger partial charge on any atom is 0.326 e. The van der Waals surface area contributed by atoms with Crippen LogP contribution in [-0.2, 0) is 7.05 Å². The maximum atomic E-state index is 12.6. The summed E-state index contributed by atoms with van der Waals surface area (Å²) in [5.41, 5.74) is 4.47. The number of fused-ring (bicyclic) bond motifs is 2. The Hall–Kier alpha value is -3.95. The number of rotatable bonds is 4. The number of para-hydroxylation sites is 2. The van der Waals surface area contributed by atoms with Gasteiger partial charge in [0.1, 0.15) is 5.52 Å². The van der Waals surface area contributed by atoms with Gasteiger partial charge in [-0.2, -0.15) is 0 Å². The van der Waals surface area contributed by atoms with Crippen molar-refractivity contribution < 1.29 is 4.42 Å². The molecule has 4 aromatic heterocycles. The third-order valence-electron chi connectivity index (χ3n) is 7.09. The van der Waals surface area contributed by atoms with E-state index in [-0.39, 0.29) is 11.7 Å². The van der Waals surface area contributed by atoms with Crippen LogP contribution in [0.3, 0.4) is 0 Å². The Kier molecular flexibility index (Phi) is 4.18. The van der Waals surface area contributed by atoms with Crippen molar-refractivity contribution in [3.63, 3.8) is 0 Å². The molecule has 1 aliphatic heterocycles. The predicted octanol–water partition coefficient (Wildman–Crippen LogP) is 3.38. The van der Waals surface area contributed by atoms with Gasteiger partial charge in [-0.1, -0.05) is 12.1 Å².